The number of hydrogen-bond donors (Lipinski definition) is 2. The van der Waals surface area contributed by atoms with Crippen molar-refractivity contribution in [3.05, 3.63) is 29.8 Å². The van der Waals surface area contributed by atoms with Gasteiger partial charge < -0.3 is 10.8 Å². The van der Waals surface area contributed by atoms with Gasteiger partial charge in [-0.25, -0.2) is 8.78 Å². The van der Waals surface area contributed by atoms with Gasteiger partial charge >= 0.3 is 0 Å². The fourth-order valence-corrected chi connectivity index (χ4v) is 1.87. The number of rotatable bonds is 1. The smallest absolute Gasteiger partial charge is 0.252 e. The number of phenols is 1. The minimum absolute atomic E-state index is 0.114. The molecule has 0 atom stereocenters. The fourth-order valence-electron chi connectivity index (χ4n) is 1.87. The van der Waals surface area contributed by atoms with Crippen molar-refractivity contribution in [1.29, 1.82) is 0 Å². The zero-order valence-corrected chi connectivity index (χ0v) is 7.50. The van der Waals surface area contributed by atoms with E-state index in [0.29, 0.717) is 5.56 Å². The van der Waals surface area contributed by atoms with Crippen LogP contribution in [0.25, 0.3) is 0 Å². The van der Waals surface area contributed by atoms with Crippen LogP contribution in [0.1, 0.15) is 18.4 Å². The molecule has 1 aromatic rings. The molecule has 1 saturated carbocycles. The summed E-state index contributed by atoms with van der Waals surface area (Å²) in [6.45, 7) is 0. The van der Waals surface area contributed by atoms with Crippen molar-refractivity contribution in [2.45, 2.75) is 24.3 Å². The molecule has 2 rings (SSSR count). The number of aromatic hydroxyl groups is 1. The molecular weight excluding hydrogens is 188 g/mol. The van der Waals surface area contributed by atoms with Crippen LogP contribution in [0.2, 0.25) is 0 Å². The van der Waals surface area contributed by atoms with E-state index in [1.165, 1.54) is 12.1 Å². The summed E-state index contributed by atoms with van der Waals surface area (Å²) >= 11 is 0. The quantitative estimate of drug-likeness (QED) is 0.726. The van der Waals surface area contributed by atoms with Gasteiger partial charge in [-0.1, -0.05) is 12.1 Å². The summed E-state index contributed by atoms with van der Waals surface area (Å²) in [5, 5.41) is 9.03. The van der Waals surface area contributed by atoms with Crippen LogP contribution in [0.3, 0.4) is 0 Å². The van der Waals surface area contributed by atoms with Crippen molar-refractivity contribution in [3.63, 3.8) is 0 Å². The minimum Gasteiger partial charge on any atom is -0.508 e. The van der Waals surface area contributed by atoms with E-state index in [4.69, 9.17) is 10.8 Å². The molecule has 3 N–H and O–H groups in total. The minimum atomic E-state index is -2.63. The van der Waals surface area contributed by atoms with Crippen LogP contribution in [-0.4, -0.2) is 11.0 Å². The third-order valence-electron chi connectivity index (χ3n) is 2.59. The molecule has 0 aromatic heterocycles. The van der Waals surface area contributed by atoms with Crippen molar-refractivity contribution >= 4 is 0 Å². The second-order valence-electron chi connectivity index (χ2n) is 3.91. The van der Waals surface area contributed by atoms with Gasteiger partial charge in [0, 0.05) is 12.8 Å². The van der Waals surface area contributed by atoms with Crippen molar-refractivity contribution in [1.82, 2.24) is 0 Å². The van der Waals surface area contributed by atoms with E-state index < -0.39 is 11.5 Å². The van der Waals surface area contributed by atoms with Crippen LogP contribution in [0.5, 0.6) is 5.75 Å². The van der Waals surface area contributed by atoms with E-state index in [1.807, 2.05) is 0 Å². The van der Waals surface area contributed by atoms with E-state index in [9.17, 15) is 8.78 Å². The first-order chi connectivity index (χ1) is 6.41. The van der Waals surface area contributed by atoms with Crippen LogP contribution in [0, 0.1) is 0 Å². The highest BCUT2D eigenvalue weighted by Crippen LogP contribution is 2.49. The normalized spacial score (nSPS) is 22.8. The Labute approximate surface area is 80.4 Å². The first-order valence-electron chi connectivity index (χ1n) is 4.38. The van der Waals surface area contributed by atoms with Crippen molar-refractivity contribution in [2.75, 3.05) is 0 Å². The van der Waals surface area contributed by atoms with Gasteiger partial charge in [-0.05, 0) is 17.7 Å². The predicted molar refractivity (Wildman–Crippen MR) is 48.2 cm³/mol. The Morgan fingerprint density at radius 1 is 1.14 bits per heavy atom. The van der Waals surface area contributed by atoms with Gasteiger partial charge in [-0.2, -0.15) is 0 Å². The topological polar surface area (TPSA) is 46.2 Å². The highest BCUT2D eigenvalue weighted by molar-refractivity contribution is 5.33. The molecule has 76 valence electrons. The lowest BCUT2D eigenvalue weighted by atomic mass is 9.70. The van der Waals surface area contributed by atoms with Crippen LogP contribution in [0.4, 0.5) is 8.78 Å². The fraction of sp³-hybridized carbons (Fsp3) is 0.400. The molecule has 0 saturated heterocycles. The standard InChI is InChI=1S/C10H11F2NO/c11-10(12)5-9(13,6-10)7-1-3-8(14)4-2-7/h1-4,14H,5-6,13H2. The summed E-state index contributed by atoms with van der Waals surface area (Å²) in [7, 11) is 0. The Hall–Kier alpha value is -1.16. The highest BCUT2D eigenvalue weighted by atomic mass is 19.3. The molecular formula is C10H11F2NO. The molecule has 1 aliphatic rings. The molecule has 0 bridgehead atoms. The first kappa shape index (κ1) is 9.40. The third-order valence-corrected chi connectivity index (χ3v) is 2.59. The third kappa shape index (κ3) is 1.46. The van der Waals surface area contributed by atoms with Crippen LogP contribution >= 0.6 is 0 Å². The van der Waals surface area contributed by atoms with Gasteiger partial charge in [0.05, 0.1) is 5.54 Å². The monoisotopic (exact) mass is 199 g/mol. The van der Waals surface area contributed by atoms with Gasteiger partial charge in [0.15, 0.2) is 0 Å². The maximum atomic E-state index is 12.7. The molecule has 1 aromatic carbocycles. The number of phenolic OH excluding ortho intramolecular Hbond substituents is 1. The molecule has 0 heterocycles. The predicted octanol–water partition coefficient (Wildman–Crippen LogP) is 1.98. The lowest BCUT2D eigenvalue weighted by Gasteiger charge is -2.44. The second-order valence-corrected chi connectivity index (χ2v) is 3.91. The van der Waals surface area contributed by atoms with E-state index in [-0.39, 0.29) is 18.6 Å². The zero-order valence-electron chi connectivity index (χ0n) is 7.50. The molecule has 2 nitrogen and oxygen atoms in total. The number of benzene rings is 1. The van der Waals surface area contributed by atoms with Crippen LogP contribution < -0.4 is 5.73 Å². The van der Waals surface area contributed by atoms with E-state index in [0.717, 1.165) is 0 Å². The SMILES string of the molecule is NC1(c2ccc(O)cc2)CC(F)(F)C1. The van der Waals surface area contributed by atoms with Gasteiger partial charge in [0.25, 0.3) is 5.92 Å². The molecule has 1 aliphatic carbocycles. The Balaban J connectivity index is 2.21. The Morgan fingerprint density at radius 3 is 2.07 bits per heavy atom. The summed E-state index contributed by atoms with van der Waals surface area (Å²) in [6.07, 6.45) is -0.629. The summed E-state index contributed by atoms with van der Waals surface area (Å²) in [6, 6.07) is 6.09. The number of alkyl halides is 2. The maximum absolute atomic E-state index is 12.7. The summed E-state index contributed by atoms with van der Waals surface area (Å²) in [5.41, 5.74) is 5.52. The van der Waals surface area contributed by atoms with E-state index in [1.54, 1.807) is 12.1 Å². The van der Waals surface area contributed by atoms with Gasteiger partial charge in [0.2, 0.25) is 0 Å². The number of nitrogens with two attached hydrogens (primary N) is 1. The zero-order chi connectivity index (χ0) is 10.4. The average Bonchev–Trinajstić information content (AvgIpc) is 2.01. The van der Waals surface area contributed by atoms with Crippen LogP contribution in [-0.2, 0) is 5.54 Å². The average molecular weight is 199 g/mol. The van der Waals surface area contributed by atoms with E-state index >= 15 is 0 Å². The first-order valence-corrected chi connectivity index (χ1v) is 4.38. The van der Waals surface area contributed by atoms with E-state index in [2.05, 4.69) is 0 Å². The Kier molecular flexibility index (Phi) is 1.79. The molecule has 0 aliphatic heterocycles. The second kappa shape index (κ2) is 2.67. The van der Waals surface area contributed by atoms with Crippen LogP contribution in [0.15, 0.2) is 24.3 Å². The largest absolute Gasteiger partial charge is 0.508 e. The highest BCUT2D eigenvalue weighted by Gasteiger charge is 2.55. The van der Waals surface area contributed by atoms with Gasteiger partial charge in [0.1, 0.15) is 5.75 Å². The maximum Gasteiger partial charge on any atom is 0.252 e. The molecule has 14 heavy (non-hydrogen) atoms. The molecule has 0 radical (unpaired) electrons. The van der Waals surface area contributed by atoms with Crippen molar-refractivity contribution in [2.24, 2.45) is 5.73 Å². The summed E-state index contributed by atoms with van der Waals surface area (Å²) in [5.74, 6) is -2.52. The Morgan fingerprint density at radius 2 is 1.64 bits per heavy atom. The molecule has 0 unspecified atom stereocenters. The van der Waals surface area contributed by atoms with Gasteiger partial charge in [-0.15, -0.1) is 0 Å². The van der Waals surface area contributed by atoms with Gasteiger partial charge in [-0.3, -0.25) is 0 Å². The summed E-state index contributed by atoms with van der Waals surface area (Å²) in [4.78, 5) is 0. The van der Waals surface area contributed by atoms with Crippen molar-refractivity contribution < 1.29 is 13.9 Å². The Bertz CT molecular complexity index is 340. The molecule has 0 spiro atoms. The van der Waals surface area contributed by atoms with Crippen molar-refractivity contribution in [3.8, 4) is 5.75 Å². The molecule has 1 fully saturated rings. The number of hydrogen-bond acceptors (Lipinski definition) is 2. The lowest BCUT2D eigenvalue weighted by molar-refractivity contribution is -0.125. The summed E-state index contributed by atoms with van der Waals surface area (Å²) < 4.78 is 25.3. The number of halogens is 2. The molecule has 4 heteroatoms. The lowest BCUT2D eigenvalue weighted by Crippen LogP contribution is -2.55. The molecule has 0 amide bonds.